The predicted octanol–water partition coefficient (Wildman–Crippen LogP) is 4.05. The molecule has 1 unspecified atom stereocenters. The summed E-state index contributed by atoms with van der Waals surface area (Å²) in [5, 5.41) is 5.23. The van der Waals surface area contributed by atoms with Gasteiger partial charge in [-0.3, -0.25) is 4.79 Å². The third-order valence-corrected chi connectivity index (χ3v) is 5.42. The fourth-order valence-electron chi connectivity index (χ4n) is 3.92. The largest absolute Gasteiger partial charge is 0.353 e. The number of para-hydroxylation sites is 1. The molecule has 1 atom stereocenters. The molecule has 3 aromatic rings. The third kappa shape index (κ3) is 3.16. The number of aromatic nitrogens is 1. The number of rotatable bonds is 3. The molecule has 0 saturated heterocycles. The van der Waals surface area contributed by atoms with Crippen LogP contribution in [0, 0.1) is 0 Å². The van der Waals surface area contributed by atoms with Crippen LogP contribution in [0.15, 0.2) is 48.5 Å². The number of halogens is 1. The molecule has 128 valence electrons. The molecule has 1 amide bonds. The van der Waals surface area contributed by atoms with Crippen LogP contribution in [-0.2, 0) is 31.1 Å². The number of hydrogen-bond donors (Lipinski definition) is 1. The quantitative estimate of drug-likeness (QED) is 0.758. The maximum Gasteiger partial charge on any atom is 0.224 e. The molecule has 1 aliphatic carbocycles. The van der Waals surface area contributed by atoms with Crippen LogP contribution in [0.3, 0.4) is 0 Å². The van der Waals surface area contributed by atoms with Crippen molar-refractivity contribution in [2.75, 3.05) is 0 Å². The van der Waals surface area contributed by atoms with Crippen molar-refractivity contribution in [3.63, 3.8) is 0 Å². The van der Waals surface area contributed by atoms with Gasteiger partial charge in [-0.25, -0.2) is 0 Å². The molecule has 3 nitrogen and oxygen atoms in total. The molecule has 0 fully saturated rings. The molecule has 1 aromatic heterocycles. The number of carbonyl (C=O) groups excluding carboxylic acids is 1. The summed E-state index contributed by atoms with van der Waals surface area (Å²) in [6.45, 7) is 0. The fraction of sp³-hybridized carbons (Fsp3) is 0.286. The highest BCUT2D eigenvalue weighted by Gasteiger charge is 2.25. The lowest BCUT2D eigenvalue weighted by Gasteiger charge is -2.24. The van der Waals surface area contributed by atoms with Crippen LogP contribution in [-0.4, -0.2) is 16.5 Å². The number of benzene rings is 2. The van der Waals surface area contributed by atoms with Crippen LogP contribution in [0.2, 0.25) is 5.02 Å². The Bertz CT molecular complexity index is 927. The van der Waals surface area contributed by atoms with Gasteiger partial charge in [0.2, 0.25) is 5.91 Å². The second-order valence-electron chi connectivity index (χ2n) is 6.81. The molecule has 0 radical (unpaired) electrons. The zero-order chi connectivity index (χ0) is 17.4. The Morgan fingerprint density at radius 1 is 1.20 bits per heavy atom. The molecule has 4 heteroatoms. The van der Waals surface area contributed by atoms with Crippen molar-refractivity contribution in [2.45, 2.75) is 31.7 Å². The topological polar surface area (TPSA) is 34.0 Å². The van der Waals surface area contributed by atoms with Crippen molar-refractivity contribution < 1.29 is 4.79 Å². The van der Waals surface area contributed by atoms with Gasteiger partial charge in [-0.2, -0.15) is 0 Å². The SMILES string of the molecule is Cn1c2c(c3ccccc31)CC(NC(=O)Cc1ccc(Cl)cc1)CC2. The van der Waals surface area contributed by atoms with Gasteiger partial charge in [-0.05, 0) is 48.6 Å². The molecule has 1 heterocycles. The van der Waals surface area contributed by atoms with Crippen molar-refractivity contribution >= 4 is 28.4 Å². The smallest absolute Gasteiger partial charge is 0.224 e. The third-order valence-electron chi connectivity index (χ3n) is 5.17. The summed E-state index contributed by atoms with van der Waals surface area (Å²) in [4.78, 5) is 12.4. The Hall–Kier alpha value is -2.26. The number of nitrogens with zero attached hydrogens (tertiary/aromatic N) is 1. The van der Waals surface area contributed by atoms with Crippen molar-refractivity contribution in [1.29, 1.82) is 0 Å². The maximum absolute atomic E-state index is 12.4. The molecule has 2 aromatic carbocycles. The first kappa shape index (κ1) is 16.2. The van der Waals surface area contributed by atoms with Gasteiger partial charge in [-0.1, -0.05) is 41.9 Å². The molecular weight excluding hydrogens is 332 g/mol. The monoisotopic (exact) mass is 352 g/mol. The van der Waals surface area contributed by atoms with E-state index >= 15 is 0 Å². The van der Waals surface area contributed by atoms with Gasteiger partial charge >= 0.3 is 0 Å². The molecular formula is C21H21ClN2O. The zero-order valence-electron chi connectivity index (χ0n) is 14.3. The average Bonchev–Trinajstić information content (AvgIpc) is 2.90. The number of carbonyl (C=O) groups is 1. The van der Waals surface area contributed by atoms with E-state index in [4.69, 9.17) is 11.6 Å². The first-order chi connectivity index (χ1) is 12.1. The molecule has 0 spiro atoms. The van der Waals surface area contributed by atoms with E-state index in [0.29, 0.717) is 11.4 Å². The first-order valence-corrected chi connectivity index (χ1v) is 9.08. The summed E-state index contributed by atoms with van der Waals surface area (Å²) in [7, 11) is 2.14. The highest BCUT2D eigenvalue weighted by atomic mass is 35.5. The van der Waals surface area contributed by atoms with Crippen LogP contribution < -0.4 is 5.32 Å². The minimum atomic E-state index is 0.0796. The summed E-state index contributed by atoms with van der Waals surface area (Å²) in [5.74, 6) is 0.0796. The van der Waals surface area contributed by atoms with Gasteiger partial charge < -0.3 is 9.88 Å². The second kappa shape index (κ2) is 6.57. The Labute approximate surface area is 152 Å². The van der Waals surface area contributed by atoms with Crippen LogP contribution in [0.5, 0.6) is 0 Å². The molecule has 0 saturated carbocycles. The molecule has 4 rings (SSSR count). The normalized spacial score (nSPS) is 16.6. The van der Waals surface area contributed by atoms with E-state index in [1.54, 1.807) is 0 Å². The van der Waals surface area contributed by atoms with E-state index in [2.05, 4.69) is 41.2 Å². The first-order valence-electron chi connectivity index (χ1n) is 8.71. The number of amides is 1. The van der Waals surface area contributed by atoms with E-state index in [1.807, 2.05) is 24.3 Å². The lowest BCUT2D eigenvalue weighted by atomic mass is 9.91. The summed E-state index contributed by atoms with van der Waals surface area (Å²) in [6.07, 6.45) is 3.30. The van der Waals surface area contributed by atoms with E-state index in [0.717, 1.165) is 24.8 Å². The summed E-state index contributed by atoms with van der Waals surface area (Å²) >= 11 is 5.90. The highest BCUT2D eigenvalue weighted by Crippen LogP contribution is 2.31. The minimum absolute atomic E-state index is 0.0796. The maximum atomic E-state index is 12.4. The Balaban J connectivity index is 1.48. The molecule has 0 bridgehead atoms. The Morgan fingerprint density at radius 3 is 2.76 bits per heavy atom. The second-order valence-corrected chi connectivity index (χ2v) is 7.25. The van der Waals surface area contributed by atoms with Gasteiger partial charge in [0, 0.05) is 34.7 Å². The Morgan fingerprint density at radius 2 is 1.96 bits per heavy atom. The van der Waals surface area contributed by atoms with Crippen molar-refractivity contribution in [1.82, 2.24) is 9.88 Å². The standard InChI is InChI=1S/C21H21ClN2O/c1-24-19-5-3-2-4-17(19)18-13-16(10-11-20(18)24)23-21(25)12-14-6-8-15(22)9-7-14/h2-9,16H,10-13H2,1H3,(H,23,25). The van der Waals surface area contributed by atoms with Crippen LogP contribution in [0.4, 0.5) is 0 Å². The molecule has 1 N–H and O–H groups in total. The van der Waals surface area contributed by atoms with E-state index in [1.165, 1.54) is 22.2 Å². The van der Waals surface area contributed by atoms with Gasteiger partial charge in [0.15, 0.2) is 0 Å². The lowest BCUT2D eigenvalue weighted by Crippen LogP contribution is -2.39. The van der Waals surface area contributed by atoms with Crippen molar-refractivity contribution in [3.8, 4) is 0 Å². The number of nitrogens with one attached hydrogen (secondary N) is 1. The van der Waals surface area contributed by atoms with Crippen molar-refractivity contribution in [3.05, 3.63) is 70.4 Å². The molecule has 1 aliphatic rings. The zero-order valence-corrected chi connectivity index (χ0v) is 15.0. The van der Waals surface area contributed by atoms with Gasteiger partial charge in [0.25, 0.3) is 0 Å². The van der Waals surface area contributed by atoms with E-state index in [9.17, 15) is 4.79 Å². The fourth-order valence-corrected chi connectivity index (χ4v) is 4.05. The highest BCUT2D eigenvalue weighted by molar-refractivity contribution is 6.30. The van der Waals surface area contributed by atoms with Crippen LogP contribution in [0.25, 0.3) is 10.9 Å². The number of aryl methyl sites for hydroxylation is 1. The average molecular weight is 353 g/mol. The summed E-state index contributed by atoms with van der Waals surface area (Å²) in [6, 6.07) is 16.2. The minimum Gasteiger partial charge on any atom is -0.353 e. The molecule has 25 heavy (non-hydrogen) atoms. The lowest BCUT2D eigenvalue weighted by molar-refractivity contribution is -0.121. The number of fused-ring (bicyclic) bond motifs is 3. The summed E-state index contributed by atoms with van der Waals surface area (Å²) in [5.41, 5.74) is 5.06. The summed E-state index contributed by atoms with van der Waals surface area (Å²) < 4.78 is 2.30. The van der Waals surface area contributed by atoms with Crippen molar-refractivity contribution in [2.24, 2.45) is 7.05 Å². The van der Waals surface area contributed by atoms with Gasteiger partial charge in [-0.15, -0.1) is 0 Å². The van der Waals surface area contributed by atoms with E-state index in [-0.39, 0.29) is 11.9 Å². The predicted molar refractivity (Wildman–Crippen MR) is 102 cm³/mol. The van der Waals surface area contributed by atoms with Crippen LogP contribution >= 0.6 is 11.6 Å². The van der Waals surface area contributed by atoms with Crippen LogP contribution in [0.1, 0.15) is 23.2 Å². The Kier molecular flexibility index (Phi) is 4.26. The van der Waals surface area contributed by atoms with Gasteiger partial charge in [0.05, 0.1) is 6.42 Å². The van der Waals surface area contributed by atoms with E-state index < -0.39 is 0 Å². The number of hydrogen-bond acceptors (Lipinski definition) is 1. The van der Waals surface area contributed by atoms with Gasteiger partial charge in [0.1, 0.15) is 0 Å². The molecule has 0 aliphatic heterocycles.